The minimum absolute atomic E-state index is 0.0181. The van der Waals surface area contributed by atoms with Crippen LogP contribution in [0.25, 0.3) is 0 Å². The van der Waals surface area contributed by atoms with Gasteiger partial charge < -0.3 is 24.6 Å². The van der Waals surface area contributed by atoms with Crippen molar-refractivity contribution in [3.63, 3.8) is 0 Å². The van der Waals surface area contributed by atoms with E-state index in [9.17, 15) is 14.7 Å². The van der Waals surface area contributed by atoms with Gasteiger partial charge in [-0.1, -0.05) is 0 Å². The van der Waals surface area contributed by atoms with E-state index in [-0.39, 0.29) is 19.8 Å². The van der Waals surface area contributed by atoms with Crippen LogP contribution < -0.4 is 9.47 Å². The lowest BCUT2D eigenvalue weighted by molar-refractivity contribution is -0.141. The molecule has 2 heterocycles. The number of aliphatic carboxylic acids is 1. The van der Waals surface area contributed by atoms with Gasteiger partial charge in [-0.25, -0.2) is 4.79 Å². The third kappa shape index (κ3) is 2.05. The topological polar surface area (TPSA) is 96.3 Å². The fourth-order valence-corrected chi connectivity index (χ4v) is 2.47. The summed E-state index contributed by atoms with van der Waals surface area (Å²) < 4.78 is 10.3. The number of nitrogens with zero attached hydrogens (tertiary/aromatic N) is 1. The summed E-state index contributed by atoms with van der Waals surface area (Å²) in [6, 6.07) is 3.69. The monoisotopic (exact) mass is 279 g/mol. The van der Waals surface area contributed by atoms with Gasteiger partial charge in [0.15, 0.2) is 11.5 Å². The predicted molar refractivity (Wildman–Crippen MR) is 65.6 cm³/mol. The molecule has 2 atom stereocenters. The Hall–Kier alpha value is -2.28. The molecule has 2 aliphatic rings. The number of amides is 1. The van der Waals surface area contributed by atoms with Gasteiger partial charge in [-0.05, 0) is 18.2 Å². The summed E-state index contributed by atoms with van der Waals surface area (Å²) in [5.41, 5.74) is 0.314. The summed E-state index contributed by atoms with van der Waals surface area (Å²) in [7, 11) is 0. The Bertz CT molecular complexity index is 572. The molecule has 3 rings (SSSR count). The average Bonchev–Trinajstić information content (AvgIpc) is 3.02. The molecule has 0 aliphatic carbocycles. The quantitative estimate of drug-likeness (QED) is 0.795. The second-order valence-electron chi connectivity index (χ2n) is 4.77. The number of hydrogen-bond donors (Lipinski definition) is 2. The maximum Gasteiger partial charge on any atom is 0.326 e. The van der Waals surface area contributed by atoms with Gasteiger partial charge in [0.1, 0.15) is 6.04 Å². The first kappa shape index (κ1) is 12.7. The maximum absolute atomic E-state index is 12.4. The van der Waals surface area contributed by atoms with Gasteiger partial charge >= 0.3 is 5.97 Å². The van der Waals surface area contributed by atoms with Crippen molar-refractivity contribution in [1.29, 1.82) is 0 Å². The molecule has 106 valence electrons. The van der Waals surface area contributed by atoms with Crippen molar-refractivity contribution < 1.29 is 29.3 Å². The Labute approximate surface area is 114 Å². The van der Waals surface area contributed by atoms with E-state index in [1.165, 1.54) is 11.0 Å². The number of hydrogen-bond acceptors (Lipinski definition) is 5. The molecule has 0 aromatic heterocycles. The van der Waals surface area contributed by atoms with Gasteiger partial charge in [-0.3, -0.25) is 4.79 Å². The first-order valence-corrected chi connectivity index (χ1v) is 6.18. The second kappa shape index (κ2) is 4.68. The van der Waals surface area contributed by atoms with Crippen molar-refractivity contribution >= 4 is 11.9 Å². The van der Waals surface area contributed by atoms with E-state index in [2.05, 4.69) is 0 Å². The van der Waals surface area contributed by atoms with E-state index in [0.717, 1.165) is 0 Å². The van der Waals surface area contributed by atoms with Crippen LogP contribution in [0.5, 0.6) is 11.5 Å². The number of carboxylic acid groups (broad SMARTS) is 1. The highest BCUT2D eigenvalue weighted by Gasteiger charge is 2.39. The van der Waals surface area contributed by atoms with Crippen LogP contribution >= 0.6 is 0 Å². The van der Waals surface area contributed by atoms with E-state index < -0.39 is 24.0 Å². The maximum atomic E-state index is 12.4. The molecule has 2 aliphatic heterocycles. The molecule has 1 aromatic carbocycles. The van der Waals surface area contributed by atoms with Crippen LogP contribution in [-0.2, 0) is 4.79 Å². The molecular weight excluding hydrogens is 266 g/mol. The van der Waals surface area contributed by atoms with E-state index in [4.69, 9.17) is 14.6 Å². The first-order chi connectivity index (χ1) is 9.56. The molecule has 1 aromatic rings. The molecule has 1 saturated heterocycles. The number of aliphatic hydroxyl groups is 1. The van der Waals surface area contributed by atoms with Crippen molar-refractivity contribution in [2.75, 3.05) is 13.3 Å². The van der Waals surface area contributed by atoms with Gasteiger partial charge in [0.25, 0.3) is 5.91 Å². The molecule has 20 heavy (non-hydrogen) atoms. The summed E-state index contributed by atoms with van der Waals surface area (Å²) in [4.78, 5) is 24.7. The highest BCUT2D eigenvalue weighted by molar-refractivity contribution is 5.97. The molecule has 1 fully saturated rings. The highest BCUT2D eigenvalue weighted by Crippen LogP contribution is 2.33. The van der Waals surface area contributed by atoms with Crippen LogP contribution in [0, 0.1) is 0 Å². The summed E-state index contributed by atoms with van der Waals surface area (Å²) in [6.07, 6.45) is -0.764. The zero-order chi connectivity index (χ0) is 14.3. The molecule has 0 saturated carbocycles. The zero-order valence-electron chi connectivity index (χ0n) is 10.5. The van der Waals surface area contributed by atoms with Gasteiger partial charge in [0.05, 0.1) is 6.10 Å². The molecular formula is C13H13NO6. The van der Waals surface area contributed by atoms with Crippen LogP contribution in [0.4, 0.5) is 0 Å². The van der Waals surface area contributed by atoms with Gasteiger partial charge in [-0.2, -0.15) is 0 Å². The lowest BCUT2D eigenvalue weighted by atomic mass is 10.1. The van der Waals surface area contributed by atoms with E-state index in [1.807, 2.05) is 0 Å². The lowest BCUT2D eigenvalue weighted by Gasteiger charge is -2.21. The number of rotatable bonds is 2. The Kier molecular flexibility index (Phi) is 2.98. The van der Waals surface area contributed by atoms with Gasteiger partial charge in [-0.15, -0.1) is 0 Å². The molecule has 2 N–H and O–H groups in total. The second-order valence-corrected chi connectivity index (χ2v) is 4.77. The van der Waals surface area contributed by atoms with Gasteiger partial charge in [0, 0.05) is 18.5 Å². The summed E-state index contributed by atoms with van der Waals surface area (Å²) in [6.45, 7) is 0.122. The molecule has 0 radical (unpaired) electrons. The molecule has 0 spiro atoms. The third-order valence-electron chi connectivity index (χ3n) is 3.44. The molecule has 1 amide bonds. The number of carboxylic acids is 1. The van der Waals surface area contributed by atoms with Crippen LogP contribution in [0.2, 0.25) is 0 Å². The molecule has 7 nitrogen and oxygen atoms in total. The summed E-state index contributed by atoms with van der Waals surface area (Å²) >= 11 is 0. The van der Waals surface area contributed by atoms with Crippen molar-refractivity contribution in [1.82, 2.24) is 4.90 Å². The number of aliphatic hydroxyl groups excluding tert-OH is 1. The van der Waals surface area contributed by atoms with Crippen molar-refractivity contribution in [2.24, 2.45) is 0 Å². The van der Waals surface area contributed by atoms with Gasteiger partial charge in [0.2, 0.25) is 6.79 Å². The SMILES string of the molecule is O=C(O)[C@@H]1C[C@H](O)CN1C(=O)c1ccc2c(c1)OCO2. The first-order valence-electron chi connectivity index (χ1n) is 6.18. The number of carbonyl (C=O) groups is 2. The normalized spacial score (nSPS) is 23.9. The minimum atomic E-state index is -1.12. The zero-order valence-corrected chi connectivity index (χ0v) is 10.5. The van der Waals surface area contributed by atoms with E-state index in [1.54, 1.807) is 12.1 Å². The van der Waals surface area contributed by atoms with Crippen LogP contribution in [-0.4, -0.2) is 52.5 Å². The van der Waals surface area contributed by atoms with Crippen LogP contribution in [0.15, 0.2) is 18.2 Å². The Morgan fingerprint density at radius 1 is 1.25 bits per heavy atom. The van der Waals surface area contributed by atoms with Crippen molar-refractivity contribution in [3.05, 3.63) is 23.8 Å². The van der Waals surface area contributed by atoms with E-state index >= 15 is 0 Å². The number of fused-ring (bicyclic) bond motifs is 1. The van der Waals surface area contributed by atoms with Crippen molar-refractivity contribution in [3.8, 4) is 11.5 Å². The molecule has 0 unspecified atom stereocenters. The molecule has 0 bridgehead atoms. The Balaban J connectivity index is 1.86. The number of ether oxygens (including phenoxy) is 2. The minimum Gasteiger partial charge on any atom is -0.480 e. The van der Waals surface area contributed by atoms with E-state index in [0.29, 0.717) is 17.1 Å². The average molecular weight is 279 g/mol. The Morgan fingerprint density at radius 2 is 2.00 bits per heavy atom. The number of likely N-dealkylation sites (tertiary alicyclic amines) is 1. The summed E-state index contributed by atoms with van der Waals surface area (Å²) in [5, 5.41) is 18.7. The lowest BCUT2D eigenvalue weighted by Crippen LogP contribution is -2.40. The standard InChI is InChI=1S/C13H13NO6/c15-8-4-9(13(17)18)14(5-8)12(16)7-1-2-10-11(3-7)20-6-19-10/h1-3,8-9,15H,4-6H2,(H,17,18)/t8-,9-/m0/s1. The fraction of sp³-hybridized carbons (Fsp3) is 0.385. The molecule has 7 heteroatoms. The number of carbonyl (C=O) groups excluding carboxylic acids is 1. The highest BCUT2D eigenvalue weighted by atomic mass is 16.7. The fourth-order valence-electron chi connectivity index (χ4n) is 2.47. The van der Waals surface area contributed by atoms with Crippen LogP contribution in [0.3, 0.4) is 0 Å². The number of β-amino-alcohol motifs (C(OH)–C–C–N with tert-alkyl or cyclic N) is 1. The van der Waals surface area contributed by atoms with Crippen LogP contribution in [0.1, 0.15) is 16.8 Å². The smallest absolute Gasteiger partial charge is 0.326 e. The largest absolute Gasteiger partial charge is 0.480 e. The summed E-state index contributed by atoms with van der Waals surface area (Å²) in [5.74, 6) is -0.539. The number of benzene rings is 1. The predicted octanol–water partition coefficient (Wildman–Crippen LogP) is 0.0753. The van der Waals surface area contributed by atoms with Crippen molar-refractivity contribution in [2.45, 2.75) is 18.6 Å². The Morgan fingerprint density at radius 3 is 2.75 bits per heavy atom. The third-order valence-corrected chi connectivity index (χ3v) is 3.44.